The predicted molar refractivity (Wildman–Crippen MR) is 90.8 cm³/mol. The Morgan fingerprint density at radius 2 is 1.86 bits per heavy atom. The van der Waals surface area contributed by atoms with Crippen LogP contribution < -0.4 is 5.32 Å². The number of benzene rings is 1. The highest BCUT2D eigenvalue weighted by Gasteiger charge is 2.23. The summed E-state index contributed by atoms with van der Waals surface area (Å²) in [6, 6.07) is 5.79. The Morgan fingerprint density at radius 1 is 1.24 bits per heavy atom. The molecular weight excluding hydrogens is 352 g/mol. The van der Waals surface area contributed by atoms with Crippen molar-refractivity contribution in [2.75, 3.05) is 13.6 Å². The van der Waals surface area contributed by atoms with E-state index in [0.717, 1.165) is 12.1 Å². The highest BCUT2D eigenvalue weighted by molar-refractivity contribution is 9.10. The number of sulfonamides is 1. The van der Waals surface area contributed by atoms with Crippen molar-refractivity contribution in [3.8, 4) is 0 Å². The third kappa shape index (κ3) is 5.36. The average molecular weight is 377 g/mol. The molecule has 0 atom stereocenters. The fourth-order valence-electron chi connectivity index (χ4n) is 1.97. The standard InChI is InChI=1S/C15H25BrN2O2S/c1-11(2)10-18(5)21(19,20)15-7-6-13(8-14(15)16)9-17-12(3)4/h6-8,11-12,17H,9-10H2,1-5H3. The van der Waals surface area contributed by atoms with Gasteiger partial charge in [-0.25, -0.2) is 12.7 Å². The first-order valence-corrected chi connectivity index (χ1v) is 9.36. The van der Waals surface area contributed by atoms with Crippen molar-refractivity contribution in [2.24, 2.45) is 5.92 Å². The molecule has 1 aromatic rings. The van der Waals surface area contributed by atoms with Gasteiger partial charge in [0.25, 0.3) is 0 Å². The highest BCUT2D eigenvalue weighted by Crippen LogP contribution is 2.26. The Bertz CT molecular complexity index is 571. The lowest BCUT2D eigenvalue weighted by molar-refractivity contribution is 0.417. The van der Waals surface area contributed by atoms with Gasteiger partial charge in [0, 0.05) is 30.7 Å². The van der Waals surface area contributed by atoms with Gasteiger partial charge in [0.2, 0.25) is 10.0 Å². The van der Waals surface area contributed by atoms with Crippen molar-refractivity contribution in [1.82, 2.24) is 9.62 Å². The van der Waals surface area contributed by atoms with E-state index < -0.39 is 10.0 Å². The van der Waals surface area contributed by atoms with Crippen molar-refractivity contribution in [3.63, 3.8) is 0 Å². The van der Waals surface area contributed by atoms with Crippen molar-refractivity contribution in [2.45, 2.75) is 45.2 Å². The van der Waals surface area contributed by atoms with E-state index in [4.69, 9.17) is 0 Å². The topological polar surface area (TPSA) is 49.4 Å². The van der Waals surface area contributed by atoms with Gasteiger partial charge in [-0.2, -0.15) is 0 Å². The summed E-state index contributed by atoms with van der Waals surface area (Å²) in [4.78, 5) is 0.318. The van der Waals surface area contributed by atoms with E-state index in [0.29, 0.717) is 22.0 Å². The molecule has 0 bridgehead atoms. The minimum atomic E-state index is -3.45. The normalized spacial score (nSPS) is 12.6. The summed E-state index contributed by atoms with van der Waals surface area (Å²) < 4.78 is 27.1. The van der Waals surface area contributed by atoms with E-state index in [1.54, 1.807) is 13.1 Å². The highest BCUT2D eigenvalue weighted by atomic mass is 79.9. The van der Waals surface area contributed by atoms with Crippen LogP contribution in [0.2, 0.25) is 0 Å². The van der Waals surface area contributed by atoms with Crippen LogP contribution in [0.1, 0.15) is 33.3 Å². The minimum Gasteiger partial charge on any atom is -0.310 e. The molecule has 0 spiro atoms. The summed E-state index contributed by atoms with van der Waals surface area (Å²) in [6.07, 6.45) is 0. The molecule has 0 aliphatic heterocycles. The minimum absolute atomic E-state index is 0.290. The molecule has 0 unspecified atom stereocenters. The van der Waals surface area contributed by atoms with Crippen LogP contribution in [0.3, 0.4) is 0 Å². The quantitative estimate of drug-likeness (QED) is 0.794. The number of halogens is 1. The van der Waals surface area contributed by atoms with Crippen LogP contribution in [0, 0.1) is 5.92 Å². The summed E-state index contributed by atoms with van der Waals surface area (Å²) >= 11 is 3.39. The Hall–Kier alpha value is -0.430. The second-order valence-electron chi connectivity index (χ2n) is 5.98. The van der Waals surface area contributed by atoms with Crippen LogP contribution in [0.4, 0.5) is 0 Å². The van der Waals surface area contributed by atoms with Crippen LogP contribution in [-0.2, 0) is 16.6 Å². The molecule has 0 saturated carbocycles. The van der Waals surface area contributed by atoms with E-state index in [1.165, 1.54) is 4.31 Å². The van der Waals surface area contributed by atoms with E-state index in [9.17, 15) is 8.42 Å². The van der Waals surface area contributed by atoms with E-state index >= 15 is 0 Å². The molecule has 0 aromatic heterocycles. The van der Waals surface area contributed by atoms with Crippen LogP contribution in [0.25, 0.3) is 0 Å². The lowest BCUT2D eigenvalue weighted by Gasteiger charge is -2.20. The van der Waals surface area contributed by atoms with E-state index in [-0.39, 0.29) is 5.92 Å². The number of hydrogen-bond donors (Lipinski definition) is 1. The van der Waals surface area contributed by atoms with Crippen LogP contribution in [0.15, 0.2) is 27.6 Å². The van der Waals surface area contributed by atoms with Gasteiger partial charge in [0.1, 0.15) is 0 Å². The van der Waals surface area contributed by atoms with Crippen LogP contribution in [0.5, 0.6) is 0 Å². The molecule has 4 nitrogen and oxygen atoms in total. The number of hydrogen-bond acceptors (Lipinski definition) is 3. The van der Waals surface area contributed by atoms with Crippen molar-refractivity contribution in [3.05, 3.63) is 28.2 Å². The van der Waals surface area contributed by atoms with Crippen LogP contribution >= 0.6 is 15.9 Å². The molecule has 0 radical (unpaired) electrons. The molecular formula is C15H25BrN2O2S. The summed E-state index contributed by atoms with van der Waals surface area (Å²) in [7, 11) is -1.83. The fraction of sp³-hybridized carbons (Fsp3) is 0.600. The second kappa shape index (κ2) is 7.72. The van der Waals surface area contributed by atoms with Gasteiger partial charge in [-0.1, -0.05) is 33.8 Å². The van der Waals surface area contributed by atoms with Crippen LogP contribution in [-0.4, -0.2) is 32.4 Å². The third-order valence-corrected chi connectivity index (χ3v) is 5.82. The SMILES string of the molecule is CC(C)CN(C)S(=O)(=O)c1ccc(CNC(C)C)cc1Br. The maximum absolute atomic E-state index is 12.5. The van der Waals surface area contributed by atoms with E-state index in [1.807, 2.05) is 26.0 Å². The lowest BCUT2D eigenvalue weighted by atomic mass is 10.2. The lowest BCUT2D eigenvalue weighted by Crippen LogP contribution is -2.30. The molecule has 6 heteroatoms. The summed E-state index contributed by atoms with van der Waals surface area (Å²) in [5, 5.41) is 3.32. The summed E-state index contributed by atoms with van der Waals surface area (Å²) in [5.74, 6) is 0.290. The van der Waals surface area contributed by atoms with Gasteiger partial charge in [0.15, 0.2) is 0 Å². The molecule has 0 saturated heterocycles. The molecule has 0 aliphatic carbocycles. The smallest absolute Gasteiger partial charge is 0.243 e. The second-order valence-corrected chi connectivity index (χ2v) is 8.85. The number of rotatable bonds is 7. The zero-order valence-corrected chi connectivity index (χ0v) is 15.8. The largest absolute Gasteiger partial charge is 0.310 e. The molecule has 0 aliphatic rings. The van der Waals surface area contributed by atoms with Gasteiger partial charge in [-0.15, -0.1) is 0 Å². The van der Waals surface area contributed by atoms with Gasteiger partial charge in [-0.3, -0.25) is 0 Å². The fourth-order valence-corrected chi connectivity index (χ4v) is 4.38. The first-order chi connectivity index (χ1) is 9.64. The third-order valence-electron chi connectivity index (χ3n) is 3.02. The molecule has 0 amide bonds. The van der Waals surface area contributed by atoms with Crippen molar-refractivity contribution in [1.29, 1.82) is 0 Å². The molecule has 120 valence electrons. The summed E-state index contributed by atoms with van der Waals surface area (Å²) in [5.41, 5.74) is 1.06. The van der Waals surface area contributed by atoms with Gasteiger partial charge in [-0.05, 0) is 39.5 Å². The molecule has 0 fully saturated rings. The van der Waals surface area contributed by atoms with Crippen molar-refractivity contribution < 1.29 is 8.42 Å². The Kier molecular flexibility index (Phi) is 6.84. The van der Waals surface area contributed by atoms with Gasteiger partial charge >= 0.3 is 0 Å². The van der Waals surface area contributed by atoms with E-state index in [2.05, 4.69) is 35.1 Å². The first-order valence-electron chi connectivity index (χ1n) is 7.12. The Balaban J connectivity index is 2.98. The molecule has 1 rings (SSSR count). The Morgan fingerprint density at radius 3 is 2.33 bits per heavy atom. The molecule has 1 N–H and O–H groups in total. The molecule has 1 aromatic carbocycles. The Labute approximate surface area is 137 Å². The predicted octanol–water partition coefficient (Wildman–Crippen LogP) is 3.22. The number of nitrogens with zero attached hydrogens (tertiary/aromatic N) is 1. The maximum atomic E-state index is 12.5. The summed E-state index contributed by atoms with van der Waals surface area (Å²) in [6.45, 7) is 9.39. The van der Waals surface area contributed by atoms with Crippen molar-refractivity contribution >= 4 is 26.0 Å². The zero-order chi connectivity index (χ0) is 16.2. The maximum Gasteiger partial charge on any atom is 0.243 e. The average Bonchev–Trinajstić information content (AvgIpc) is 2.35. The number of nitrogens with one attached hydrogen (secondary N) is 1. The first kappa shape index (κ1) is 18.6. The molecule has 0 heterocycles. The van der Waals surface area contributed by atoms with Gasteiger partial charge < -0.3 is 5.32 Å². The van der Waals surface area contributed by atoms with Gasteiger partial charge in [0.05, 0.1) is 4.90 Å². The monoisotopic (exact) mass is 376 g/mol. The zero-order valence-electron chi connectivity index (χ0n) is 13.4. The molecule has 21 heavy (non-hydrogen) atoms.